The Kier molecular flexibility index (Phi) is 3.89. The number of benzene rings is 1. The summed E-state index contributed by atoms with van der Waals surface area (Å²) in [6.07, 6.45) is 5.73. The molecule has 0 amide bonds. The molecule has 1 N–H and O–H groups in total. The summed E-state index contributed by atoms with van der Waals surface area (Å²) in [6, 6.07) is 6.00. The smallest absolute Gasteiger partial charge is 0.271 e. The summed E-state index contributed by atoms with van der Waals surface area (Å²) in [5, 5.41) is 12.3. The van der Waals surface area contributed by atoms with Gasteiger partial charge >= 0.3 is 0 Å². The number of Topliss-reactive ketones (excluding diaryl/α,β-unsaturated/α-hetero) is 1. The monoisotopic (exact) mass is 341 g/mol. The van der Waals surface area contributed by atoms with E-state index in [4.69, 9.17) is 0 Å². The van der Waals surface area contributed by atoms with Crippen LogP contribution in [0, 0.1) is 0 Å². The third-order valence-electron chi connectivity index (χ3n) is 4.14. The summed E-state index contributed by atoms with van der Waals surface area (Å²) in [5.74, 6) is 0.571. The summed E-state index contributed by atoms with van der Waals surface area (Å²) in [6.45, 7) is 0. The third-order valence-corrected chi connectivity index (χ3v) is 5.06. The predicted octanol–water partition coefficient (Wildman–Crippen LogP) is 1.67. The molecule has 0 aliphatic heterocycles. The van der Waals surface area contributed by atoms with Gasteiger partial charge in [0.15, 0.2) is 5.78 Å². The van der Waals surface area contributed by atoms with Crippen LogP contribution in [0.3, 0.4) is 0 Å². The number of hydrogen-bond acceptors (Lipinski definition) is 6. The predicted molar refractivity (Wildman–Crippen MR) is 89.5 cm³/mol. The SMILES string of the molecule is O=C(CSc1nnc2[nH]c(=O)cnn12)c1ccc2c(c1)CCCC2. The summed E-state index contributed by atoms with van der Waals surface area (Å²) in [5.41, 5.74) is 3.06. The molecule has 1 aromatic carbocycles. The third kappa shape index (κ3) is 2.84. The molecule has 2 heterocycles. The molecular weight excluding hydrogens is 326 g/mol. The van der Waals surface area contributed by atoms with Gasteiger partial charge in [-0.2, -0.15) is 9.61 Å². The first kappa shape index (κ1) is 15.1. The van der Waals surface area contributed by atoms with E-state index in [9.17, 15) is 9.59 Å². The molecule has 2 aromatic heterocycles. The van der Waals surface area contributed by atoms with Crippen LogP contribution in [0.4, 0.5) is 0 Å². The maximum Gasteiger partial charge on any atom is 0.271 e. The second-order valence-electron chi connectivity index (χ2n) is 5.75. The Balaban J connectivity index is 1.50. The van der Waals surface area contributed by atoms with Gasteiger partial charge in [-0.15, -0.1) is 10.2 Å². The highest BCUT2D eigenvalue weighted by Crippen LogP contribution is 2.23. The fourth-order valence-corrected chi connectivity index (χ4v) is 3.69. The van der Waals surface area contributed by atoms with Gasteiger partial charge in [-0.25, -0.2) is 0 Å². The highest BCUT2D eigenvalue weighted by atomic mass is 32.2. The second-order valence-corrected chi connectivity index (χ2v) is 6.70. The van der Waals surface area contributed by atoms with Crippen LogP contribution in [-0.2, 0) is 12.8 Å². The molecule has 24 heavy (non-hydrogen) atoms. The van der Waals surface area contributed by atoms with Crippen molar-refractivity contribution in [2.75, 3.05) is 5.75 Å². The van der Waals surface area contributed by atoms with Crippen LogP contribution in [0.2, 0.25) is 0 Å². The number of aromatic amines is 1. The Bertz CT molecular complexity index is 978. The zero-order valence-electron chi connectivity index (χ0n) is 12.9. The van der Waals surface area contributed by atoms with Crippen LogP contribution in [0.5, 0.6) is 0 Å². The van der Waals surface area contributed by atoms with Crippen LogP contribution >= 0.6 is 11.8 Å². The molecule has 8 heteroatoms. The first-order chi connectivity index (χ1) is 11.7. The maximum absolute atomic E-state index is 12.5. The molecule has 122 valence electrons. The molecule has 0 atom stereocenters. The molecule has 7 nitrogen and oxygen atoms in total. The molecule has 1 aliphatic carbocycles. The Morgan fingerprint density at radius 3 is 2.92 bits per heavy atom. The Morgan fingerprint density at radius 2 is 2.04 bits per heavy atom. The number of thioether (sulfide) groups is 1. The van der Waals surface area contributed by atoms with E-state index in [1.54, 1.807) is 0 Å². The summed E-state index contributed by atoms with van der Waals surface area (Å²) >= 11 is 1.26. The quantitative estimate of drug-likeness (QED) is 0.573. The van der Waals surface area contributed by atoms with E-state index < -0.39 is 0 Å². The van der Waals surface area contributed by atoms with E-state index >= 15 is 0 Å². The summed E-state index contributed by atoms with van der Waals surface area (Å²) in [7, 11) is 0. The molecule has 0 spiro atoms. The highest BCUT2D eigenvalue weighted by Gasteiger charge is 2.15. The first-order valence-electron chi connectivity index (χ1n) is 7.79. The van der Waals surface area contributed by atoms with Crippen molar-refractivity contribution in [2.45, 2.75) is 30.8 Å². The van der Waals surface area contributed by atoms with E-state index in [1.807, 2.05) is 12.1 Å². The van der Waals surface area contributed by atoms with Gasteiger partial charge in [0.1, 0.15) is 6.20 Å². The Hall–Kier alpha value is -2.48. The van der Waals surface area contributed by atoms with Gasteiger partial charge in [0.2, 0.25) is 5.16 Å². The minimum absolute atomic E-state index is 0.0505. The minimum Gasteiger partial charge on any atom is -0.293 e. The van der Waals surface area contributed by atoms with Crippen molar-refractivity contribution in [1.82, 2.24) is 24.8 Å². The molecule has 0 radical (unpaired) electrons. The van der Waals surface area contributed by atoms with Gasteiger partial charge in [0.25, 0.3) is 11.3 Å². The van der Waals surface area contributed by atoms with Crippen molar-refractivity contribution in [3.63, 3.8) is 0 Å². The van der Waals surface area contributed by atoms with Crippen molar-refractivity contribution >= 4 is 23.3 Å². The summed E-state index contributed by atoms with van der Waals surface area (Å²) < 4.78 is 1.42. The number of ketones is 1. The molecule has 1 aliphatic rings. The largest absolute Gasteiger partial charge is 0.293 e. The van der Waals surface area contributed by atoms with Gasteiger partial charge in [-0.05, 0) is 42.9 Å². The van der Waals surface area contributed by atoms with Crippen LogP contribution in [-0.4, -0.2) is 36.3 Å². The number of nitrogens with zero attached hydrogens (tertiary/aromatic N) is 4. The van der Waals surface area contributed by atoms with Gasteiger partial charge in [0, 0.05) is 5.56 Å². The van der Waals surface area contributed by atoms with Crippen molar-refractivity contribution in [2.24, 2.45) is 0 Å². The number of carbonyl (C=O) groups is 1. The standard InChI is InChI=1S/C16H15N5O2S/c22-13(12-6-5-10-3-1-2-4-11(10)7-12)9-24-16-20-19-15-18-14(23)8-17-21(15)16/h5-8H,1-4,9H2,(H,18,19,23). The van der Waals surface area contributed by atoms with Crippen LogP contribution in [0.25, 0.3) is 5.78 Å². The number of nitrogens with one attached hydrogen (secondary N) is 1. The average molecular weight is 341 g/mol. The highest BCUT2D eigenvalue weighted by molar-refractivity contribution is 7.99. The lowest BCUT2D eigenvalue weighted by Gasteiger charge is -2.16. The number of carbonyl (C=O) groups excluding carboxylic acids is 1. The molecular formula is C16H15N5O2S. The van der Waals surface area contributed by atoms with Gasteiger partial charge in [0.05, 0.1) is 5.75 Å². The van der Waals surface area contributed by atoms with E-state index in [0.29, 0.717) is 5.16 Å². The van der Waals surface area contributed by atoms with Crippen molar-refractivity contribution in [3.05, 3.63) is 51.4 Å². The number of H-pyrrole nitrogens is 1. The molecule has 0 saturated heterocycles. The molecule has 0 bridgehead atoms. The first-order valence-corrected chi connectivity index (χ1v) is 8.78. The molecule has 0 unspecified atom stereocenters. The number of fused-ring (bicyclic) bond motifs is 2. The minimum atomic E-state index is -0.336. The average Bonchev–Trinajstić information content (AvgIpc) is 3.01. The maximum atomic E-state index is 12.5. The molecule has 3 aromatic rings. The fraction of sp³-hybridized carbons (Fsp3) is 0.312. The van der Waals surface area contributed by atoms with Gasteiger partial charge in [-0.1, -0.05) is 23.9 Å². The van der Waals surface area contributed by atoms with E-state index in [-0.39, 0.29) is 22.9 Å². The molecule has 4 rings (SSSR count). The topological polar surface area (TPSA) is 93.0 Å². The zero-order chi connectivity index (χ0) is 16.5. The number of aryl methyl sites for hydroxylation is 2. The normalized spacial score (nSPS) is 13.8. The van der Waals surface area contributed by atoms with Crippen molar-refractivity contribution < 1.29 is 4.79 Å². The lowest BCUT2D eigenvalue weighted by molar-refractivity contribution is 0.102. The lowest BCUT2D eigenvalue weighted by atomic mass is 9.90. The molecule has 0 fully saturated rings. The lowest BCUT2D eigenvalue weighted by Crippen LogP contribution is -2.10. The van der Waals surface area contributed by atoms with Gasteiger partial charge < -0.3 is 0 Å². The Labute approximate surface area is 141 Å². The number of aromatic nitrogens is 5. The van der Waals surface area contributed by atoms with Crippen molar-refractivity contribution in [1.29, 1.82) is 0 Å². The van der Waals surface area contributed by atoms with Crippen LogP contribution < -0.4 is 5.56 Å². The van der Waals surface area contributed by atoms with E-state index in [0.717, 1.165) is 24.6 Å². The second kappa shape index (κ2) is 6.20. The van der Waals surface area contributed by atoms with E-state index in [1.165, 1.54) is 40.2 Å². The number of rotatable bonds is 4. The number of hydrogen-bond donors (Lipinski definition) is 1. The Morgan fingerprint density at radius 1 is 1.21 bits per heavy atom. The van der Waals surface area contributed by atoms with Crippen LogP contribution in [0.15, 0.2) is 34.3 Å². The van der Waals surface area contributed by atoms with E-state index in [2.05, 4.69) is 26.3 Å². The van der Waals surface area contributed by atoms with Crippen molar-refractivity contribution in [3.8, 4) is 0 Å². The zero-order valence-corrected chi connectivity index (χ0v) is 13.7. The summed E-state index contributed by atoms with van der Waals surface area (Å²) in [4.78, 5) is 26.2. The van der Waals surface area contributed by atoms with Crippen LogP contribution in [0.1, 0.15) is 34.3 Å². The van der Waals surface area contributed by atoms with Gasteiger partial charge in [-0.3, -0.25) is 14.6 Å². The molecule has 0 saturated carbocycles. The fourth-order valence-electron chi connectivity index (χ4n) is 2.91.